The van der Waals surface area contributed by atoms with E-state index in [1.54, 1.807) is 0 Å². The number of benzene rings is 1. The fourth-order valence-electron chi connectivity index (χ4n) is 3.46. The first-order chi connectivity index (χ1) is 10.6. The summed E-state index contributed by atoms with van der Waals surface area (Å²) in [5.74, 6) is -0.983. The molecular formula is C17H21NO4. The molecular weight excluding hydrogens is 282 g/mol. The van der Waals surface area contributed by atoms with E-state index in [1.807, 2.05) is 30.3 Å². The lowest BCUT2D eigenvalue weighted by Gasteiger charge is -2.40. The van der Waals surface area contributed by atoms with Crippen LogP contribution in [0.3, 0.4) is 0 Å². The van der Waals surface area contributed by atoms with Crippen molar-refractivity contribution in [1.82, 2.24) is 5.32 Å². The third kappa shape index (κ3) is 3.36. The van der Waals surface area contributed by atoms with Crippen LogP contribution in [0.5, 0.6) is 0 Å². The van der Waals surface area contributed by atoms with E-state index < -0.39 is 12.0 Å². The number of ketones is 1. The van der Waals surface area contributed by atoms with Crippen LogP contribution in [-0.2, 0) is 20.9 Å². The highest BCUT2D eigenvalue weighted by molar-refractivity contribution is 5.89. The molecule has 1 heterocycles. The summed E-state index contributed by atoms with van der Waals surface area (Å²) in [6.45, 7) is 0.558. The Hall–Kier alpha value is -1.72. The van der Waals surface area contributed by atoms with Gasteiger partial charge in [0.1, 0.15) is 11.8 Å². The molecule has 1 saturated heterocycles. The number of carbonyl (C=O) groups excluding carboxylic acids is 1. The van der Waals surface area contributed by atoms with Crippen molar-refractivity contribution in [2.45, 2.75) is 50.5 Å². The van der Waals surface area contributed by atoms with Gasteiger partial charge in [-0.2, -0.15) is 0 Å². The Balaban J connectivity index is 1.55. The average molecular weight is 303 g/mol. The van der Waals surface area contributed by atoms with Gasteiger partial charge >= 0.3 is 5.97 Å². The third-order valence-electron chi connectivity index (χ3n) is 4.66. The Bertz CT molecular complexity index is 545. The molecule has 0 aromatic heterocycles. The molecule has 2 aliphatic rings. The predicted molar refractivity (Wildman–Crippen MR) is 80.3 cm³/mol. The highest BCUT2D eigenvalue weighted by atomic mass is 16.5. The first-order valence-electron chi connectivity index (χ1n) is 7.80. The van der Waals surface area contributed by atoms with Crippen LogP contribution in [0.2, 0.25) is 0 Å². The molecule has 1 aromatic rings. The minimum absolute atomic E-state index is 0.0149. The molecule has 0 amide bonds. The molecule has 118 valence electrons. The minimum Gasteiger partial charge on any atom is -0.480 e. The van der Waals surface area contributed by atoms with Gasteiger partial charge in [0.15, 0.2) is 0 Å². The lowest BCUT2D eigenvalue weighted by molar-refractivity contribution is -0.146. The second-order valence-corrected chi connectivity index (χ2v) is 6.17. The van der Waals surface area contributed by atoms with E-state index in [4.69, 9.17) is 9.84 Å². The zero-order valence-electron chi connectivity index (χ0n) is 12.4. The molecule has 2 N–H and O–H groups in total. The molecule has 0 spiro atoms. The molecule has 2 fully saturated rings. The summed E-state index contributed by atoms with van der Waals surface area (Å²) < 4.78 is 5.94. The zero-order chi connectivity index (χ0) is 15.5. The van der Waals surface area contributed by atoms with Gasteiger partial charge in [-0.1, -0.05) is 30.3 Å². The molecule has 3 rings (SSSR count). The maximum Gasteiger partial charge on any atom is 0.321 e. The van der Waals surface area contributed by atoms with Crippen molar-refractivity contribution in [3.8, 4) is 0 Å². The highest BCUT2D eigenvalue weighted by Crippen LogP contribution is 2.32. The van der Waals surface area contributed by atoms with Crippen LogP contribution in [0.4, 0.5) is 0 Å². The number of piperidine rings is 1. The molecule has 0 radical (unpaired) electrons. The van der Waals surface area contributed by atoms with Gasteiger partial charge < -0.3 is 15.2 Å². The second kappa shape index (κ2) is 6.58. The summed E-state index contributed by atoms with van der Waals surface area (Å²) >= 11 is 0. The van der Waals surface area contributed by atoms with E-state index in [0.29, 0.717) is 13.0 Å². The molecule has 4 atom stereocenters. The summed E-state index contributed by atoms with van der Waals surface area (Å²) in [5.41, 5.74) is 1.13. The van der Waals surface area contributed by atoms with E-state index in [0.717, 1.165) is 18.4 Å². The lowest BCUT2D eigenvalue weighted by Crippen LogP contribution is -2.57. The molecule has 4 unspecified atom stereocenters. The molecule has 1 aliphatic carbocycles. The van der Waals surface area contributed by atoms with Crippen molar-refractivity contribution < 1.29 is 19.4 Å². The fourth-order valence-corrected chi connectivity index (χ4v) is 3.46. The van der Waals surface area contributed by atoms with Gasteiger partial charge in [0.2, 0.25) is 0 Å². The van der Waals surface area contributed by atoms with Crippen molar-refractivity contribution in [1.29, 1.82) is 0 Å². The van der Waals surface area contributed by atoms with Crippen molar-refractivity contribution in [2.75, 3.05) is 0 Å². The number of hydrogen-bond donors (Lipinski definition) is 2. The Labute approximate surface area is 129 Å². The zero-order valence-corrected chi connectivity index (χ0v) is 12.4. The summed E-state index contributed by atoms with van der Waals surface area (Å²) in [4.78, 5) is 23.3. The van der Waals surface area contributed by atoms with Crippen molar-refractivity contribution in [3.05, 3.63) is 35.9 Å². The number of carboxylic acids is 1. The van der Waals surface area contributed by atoms with Crippen LogP contribution < -0.4 is 5.32 Å². The first kappa shape index (κ1) is 15.2. The SMILES string of the molecule is O=C(O)C1CC(=O)C2CC(OCc3ccccc3)CCC2N1. The number of aliphatic carboxylic acids is 1. The number of ether oxygens (including phenoxy) is 1. The normalized spacial score (nSPS) is 31.5. The van der Waals surface area contributed by atoms with Gasteiger partial charge in [-0.05, 0) is 24.8 Å². The van der Waals surface area contributed by atoms with Crippen LogP contribution in [0.25, 0.3) is 0 Å². The Morgan fingerprint density at radius 1 is 1.27 bits per heavy atom. The average Bonchev–Trinajstić information content (AvgIpc) is 2.54. The Kier molecular flexibility index (Phi) is 4.55. The predicted octanol–water partition coefficient (Wildman–Crippen LogP) is 1.76. The molecule has 0 bridgehead atoms. The van der Waals surface area contributed by atoms with Gasteiger partial charge in [0, 0.05) is 18.4 Å². The standard InChI is InChI=1S/C17H21NO4/c19-16-9-15(17(20)21)18-14-7-6-12(8-13(14)16)22-10-11-4-2-1-3-5-11/h1-5,12-15,18H,6-10H2,(H,20,21). The van der Waals surface area contributed by atoms with Crippen LogP contribution in [0, 0.1) is 5.92 Å². The molecule has 5 heteroatoms. The lowest BCUT2D eigenvalue weighted by atomic mass is 9.75. The number of rotatable bonds is 4. The number of hydrogen-bond acceptors (Lipinski definition) is 4. The van der Waals surface area contributed by atoms with Crippen LogP contribution in [-0.4, -0.2) is 35.0 Å². The molecule has 1 saturated carbocycles. The quantitative estimate of drug-likeness (QED) is 0.886. The van der Waals surface area contributed by atoms with E-state index in [-0.39, 0.29) is 30.3 Å². The largest absolute Gasteiger partial charge is 0.480 e. The van der Waals surface area contributed by atoms with Crippen LogP contribution >= 0.6 is 0 Å². The smallest absolute Gasteiger partial charge is 0.321 e. The Morgan fingerprint density at radius 3 is 2.77 bits per heavy atom. The summed E-state index contributed by atoms with van der Waals surface area (Å²) in [6, 6.07) is 9.24. The molecule has 1 aliphatic heterocycles. The van der Waals surface area contributed by atoms with E-state index >= 15 is 0 Å². The van der Waals surface area contributed by atoms with Crippen molar-refractivity contribution >= 4 is 11.8 Å². The maximum atomic E-state index is 12.2. The topological polar surface area (TPSA) is 75.6 Å². The van der Waals surface area contributed by atoms with Crippen molar-refractivity contribution in [2.24, 2.45) is 5.92 Å². The maximum absolute atomic E-state index is 12.2. The van der Waals surface area contributed by atoms with Gasteiger partial charge in [-0.15, -0.1) is 0 Å². The van der Waals surface area contributed by atoms with E-state index in [9.17, 15) is 9.59 Å². The van der Waals surface area contributed by atoms with Gasteiger partial charge in [0.05, 0.1) is 12.7 Å². The number of nitrogens with one attached hydrogen (secondary N) is 1. The van der Waals surface area contributed by atoms with Gasteiger partial charge in [0.25, 0.3) is 0 Å². The summed E-state index contributed by atoms with van der Waals surface area (Å²) in [6.07, 6.45) is 2.51. The first-order valence-corrected chi connectivity index (χ1v) is 7.80. The fraction of sp³-hybridized carbons (Fsp3) is 0.529. The van der Waals surface area contributed by atoms with Gasteiger partial charge in [-0.25, -0.2) is 0 Å². The second-order valence-electron chi connectivity index (χ2n) is 6.17. The third-order valence-corrected chi connectivity index (χ3v) is 4.66. The van der Waals surface area contributed by atoms with E-state index in [2.05, 4.69) is 5.32 Å². The summed E-state index contributed by atoms with van der Waals surface area (Å²) in [5, 5.41) is 12.2. The Morgan fingerprint density at radius 2 is 2.05 bits per heavy atom. The molecule has 1 aromatic carbocycles. The number of fused-ring (bicyclic) bond motifs is 1. The number of carbonyl (C=O) groups is 2. The monoisotopic (exact) mass is 303 g/mol. The molecule has 5 nitrogen and oxygen atoms in total. The minimum atomic E-state index is -0.936. The number of carboxylic acid groups (broad SMARTS) is 1. The van der Waals surface area contributed by atoms with Crippen LogP contribution in [0.1, 0.15) is 31.2 Å². The van der Waals surface area contributed by atoms with Gasteiger partial charge in [-0.3, -0.25) is 9.59 Å². The molecule has 22 heavy (non-hydrogen) atoms. The van der Waals surface area contributed by atoms with Crippen LogP contribution in [0.15, 0.2) is 30.3 Å². The number of Topliss-reactive ketones (excluding diaryl/α,β-unsaturated/α-hetero) is 1. The van der Waals surface area contributed by atoms with E-state index in [1.165, 1.54) is 0 Å². The summed E-state index contributed by atoms with van der Waals surface area (Å²) in [7, 11) is 0. The van der Waals surface area contributed by atoms with Crippen molar-refractivity contribution in [3.63, 3.8) is 0 Å². The highest BCUT2D eigenvalue weighted by Gasteiger charge is 2.42.